The minimum Gasteiger partial charge on any atom is -0.356 e. The van der Waals surface area contributed by atoms with Gasteiger partial charge in [-0.1, -0.05) is 6.92 Å². The molecule has 0 radical (unpaired) electrons. The van der Waals surface area contributed by atoms with Gasteiger partial charge in [-0.25, -0.2) is 4.98 Å². The first-order valence-electron chi connectivity index (χ1n) is 5.75. The van der Waals surface area contributed by atoms with Crippen LogP contribution < -0.4 is 4.90 Å². The molecule has 2 nitrogen and oxygen atoms in total. The number of halogens is 3. The number of hydrogen-bond acceptors (Lipinski definition) is 2. The molecule has 0 spiro atoms. The highest BCUT2D eigenvalue weighted by Gasteiger charge is 2.31. The van der Waals surface area contributed by atoms with E-state index in [1.165, 1.54) is 12.5 Å². The largest absolute Gasteiger partial charge is 0.417 e. The van der Waals surface area contributed by atoms with Crippen LogP contribution in [0.2, 0.25) is 0 Å². The van der Waals surface area contributed by atoms with Gasteiger partial charge in [0.05, 0.1) is 5.56 Å². The van der Waals surface area contributed by atoms with E-state index in [-0.39, 0.29) is 0 Å². The molecule has 0 aromatic carbocycles. The molecule has 1 atom stereocenters. The van der Waals surface area contributed by atoms with Crippen LogP contribution in [0.1, 0.15) is 25.3 Å². The first-order valence-corrected chi connectivity index (χ1v) is 5.75. The van der Waals surface area contributed by atoms with Gasteiger partial charge in [-0.05, 0) is 30.9 Å². The van der Waals surface area contributed by atoms with Gasteiger partial charge in [0.25, 0.3) is 0 Å². The second-order valence-electron chi connectivity index (χ2n) is 4.60. The third-order valence-electron chi connectivity index (χ3n) is 3.06. The maximum atomic E-state index is 12.4. The minimum absolute atomic E-state index is 0.577. The minimum atomic E-state index is -4.30. The lowest BCUT2D eigenvalue weighted by atomic mass is 10.0. The molecule has 1 aromatic heterocycles. The van der Waals surface area contributed by atoms with E-state index in [9.17, 15) is 13.2 Å². The van der Waals surface area contributed by atoms with Gasteiger partial charge in [-0.15, -0.1) is 0 Å². The lowest BCUT2D eigenvalue weighted by molar-refractivity contribution is -0.137. The van der Waals surface area contributed by atoms with Gasteiger partial charge in [0.1, 0.15) is 5.82 Å². The van der Waals surface area contributed by atoms with Crippen LogP contribution in [-0.2, 0) is 6.18 Å². The van der Waals surface area contributed by atoms with Crippen molar-refractivity contribution in [2.45, 2.75) is 25.9 Å². The maximum Gasteiger partial charge on any atom is 0.417 e. The molecule has 1 unspecified atom stereocenters. The molecule has 2 rings (SSSR count). The summed E-state index contributed by atoms with van der Waals surface area (Å²) in [4.78, 5) is 5.96. The average molecular weight is 244 g/mol. The van der Waals surface area contributed by atoms with Gasteiger partial charge in [0.2, 0.25) is 0 Å². The molecule has 0 N–H and O–H groups in total. The van der Waals surface area contributed by atoms with E-state index in [0.717, 1.165) is 31.8 Å². The van der Waals surface area contributed by atoms with Crippen LogP contribution in [0, 0.1) is 5.92 Å². The van der Waals surface area contributed by atoms with Gasteiger partial charge in [-0.3, -0.25) is 0 Å². The Morgan fingerprint density at radius 1 is 1.35 bits per heavy atom. The standard InChI is InChI=1S/C12H15F3N2/c1-9-3-2-6-17(8-9)11-5-4-10(7-16-11)12(13,14)15/h4-5,7,9H,2-3,6,8H2,1H3. The van der Waals surface area contributed by atoms with E-state index >= 15 is 0 Å². The molecule has 0 aliphatic carbocycles. The van der Waals surface area contributed by atoms with Gasteiger partial charge in [-0.2, -0.15) is 13.2 Å². The number of rotatable bonds is 1. The molecule has 1 aromatic rings. The summed E-state index contributed by atoms with van der Waals surface area (Å²) >= 11 is 0. The number of pyridine rings is 1. The summed E-state index contributed by atoms with van der Waals surface area (Å²) < 4.78 is 37.1. The van der Waals surface area contributed by atoms with E-state index in [1.54, 1.807) is 0 Å². The van der Waals surface area contributed by atoms with Crippen LogP contribution in [0.4, 0.5) is 19.0 Å². The van der Waals surface area contributed by atoms with Crippen LogP contribution in [0.3, 0.4) is 0 Å². The number of anilines is 1. The van der Waals surface area contributed by atoms with Crippen LogP contribution in [-0.4, -0.2) is 18.1 Å². The van der Waals surface area contributed by atoms with Gasteiger partial charge in [0, 0.05) is 19.3 Å². The van der Waals surface area contributed by atoms with E-state index in [1.807, 2.05) is 4.90 Å². The van der Waals surface area contributed by atoms with Gasteiger partial charge in [0.15, 0.2) is 0 Å². The number of aromatic nitrogens is 1. The highest BCUT2D eigenvalue weighted by Crippen LogP contribution is 2.30. The highest BCUT2D eigenvalue weighted by atomic mass is 19.4. The number of hydrogen-bond donors (Lipinski definition) is 0. The predicted octanol–water partition coefficient (Wildman–Crippen LogP) is 3.34. The quantitative estimate of drug-likeness (QED) is 0.753. The third kappa shape index (κ3) is 2.90. The molecular formula is C12H15F3N2. The van der Waals surface area contributed by atoms with E-state index in [2.05, 4.69) is 11.9 Å². The zero-order valence-electron chi connectivity index (χ0n) is 9.67. The Hall–Kier alpha value is -1.26. The fourth-order valence-corrected chi connectivity index (χ4v) is 2.14. The lowest BCUT2D eigenvalue weighted by Crippen LogP contribution is -2.34. The number of piperidine rings is 1. The zero-order chi connectivity index (χ0) is 12.5. The smallest absolute Gasteiger partial charge is 0.356 e. The van der Waals surface area contributed by atoms with Crippen molar-refractivity contribution < 1.29 is 13.2 Å². The van der Waals surface area contributed by atoms with Crippen molar-refractivity contribution in [2.24, 2.45) is 5.92 Å². The Labute approximate surface area is 98.5 Å². The molecule has 1 saturated heterocycles. The third-order valence-corrected chi connectivity index (χ3v) is 3.06. The molecule has 94 valence electrons. The van der Waals surface area contributed by atoms with Crippen molar-refractivity contribution in [2.75, 3.05) is 18.0 Å². The molecule has 2 heterocycles. The van der Waals surface area contributed by atoms with Crippen molar-refractivity contribution in [3.05, 3.63) is 23.9 Å². The molecule has 0 amide bonds. The van der Waals surface area contributed by atoms with Gasteiger partial charge >= 0.3 is 6.18 Å². The van der Waals surface area contributed by atoms with Crippen LogP contribution in [0.15, 0.2) is 18.3 Å². The molecule has 17 heavy (non-hydrogen) atoms. The molecule has 1 aliphatic heterocycles. The van der Waals surface area contributed by atoms with Crippen LogP contribution in [0.5, 0.6) is 0 Å². The van der Waals surface area contributed by atoms with Crippen LogP contribution >= 0.6 is 0 Å². The van der Waals surface area contributed by atoms with E-state index in [4.69, 9.17) is 0 Å². The Morgan fingerprint density at radius 2 is 2.12 bits per heavy atom. The van der Waals surface area contributed by atoms with Crippen LogP contribution in [0.25, 0.3) is 0 Å². The molecule has 1 aliphatic rings. The zero-order valence-corrected chi connectivity index (χ0v) is 9.67. The van der Waals surface area contributed by atoms with Crippen molar-refractivity contribution in [3.63, 3.8) is 0 Å². The summed E-state index contributed by atoms with van der Waals surface area (Å²) in [6.07, 6.45) is -1.14. The molecule has 1 fully saturated rings. The summed E-state index contributed by atoms with van der Waals surface area (Å²) in [5.41, 5.74) is -0.689. The molecule has 0 saturated carbocycles. The van der Waals surface area contributed by atoms with E-state index in [0.29, 0.717) is 11.7 Å². The Kier molecular flexibility index (Phi) is 3.26. The Bertz CT molecular complexity index is 372. The second kappa shape index (κ2) is 4.55. The summed E-state index contributed by atoms with van der Waals surface area (Å²) in [7, 11) is 0. The summed E-state index contributed by atoms with van der Waals surface area (Å²) in [6.45, 7) is 3.90. The van der Waals surface area contributed by atoms with Crippen molar-refractivity contribution in [3.8, 4) is 0 Å². The lowest BCUT2D eigenvalue weighted by Gasteiger charge is -2.31. The molecular weight excluding hydrogens is 229 g/mol. The monoisotopic (exact) mass is 244 g/mol. The van der Waals surface area contributed by atoms with Crippen molar-refractivity contribution in [1.82, 2.24) is 4.98 Å². The Morgan fingerprint density at radius 3 is 2.65 bits per heavy atom. The fourth-order valence-electron chi connectivity index (χ4n) is 2.14. The normalized spacial score (nSPS) is 21.6. The first-order chi connectivity index (χ1) is 7.97. The summed E-state index contributed by atoms with van der Waals surface area (Å²) in [5, 5.41) is 0. The van der Waals surface area contributed by atoms with Crippen molar-refractivity contribution >= 4 is 5.82 Å². The van der Waals surface area contributed by atoms with E-state index < -0.39 is 11.7 Å². The SMILES string of the molecule is CC1CCCN(c2ccc(C(F)(F)F)cn2)C1. The number of alkyl halides is 3. The second-order valence-corrected chi connectivity index (χ2v) is 4.60. The van der Waals surface area contributed by atoms with Crippen molar-refractivity contribution in [1.29, 1.82) is 0 Å². The first kappa shape index (κ1) is 12.2. The topological polar surface area (TPSA) is 16.1 Å². The fraction of sp³-hybridized carbons (Fsp3) is 0.583. The van der Waals surface area contributed by atoms with Gasteiger partial charge < -0.3 is 4.90 Å². The average Bonchev–Trinajstić information content (AvgIpc) is 2.28. The Balaban J connectivity index is 2.12. The maximum absolute atomic E-state index is 12.4. The summed E-state index contributed by atoms with van der Waals surface area (Å²) in [5.74, 6) is 1.22. The summed E-state index contributed by atoms with van der Waals surface area (Å²) in [6, 6.07) is 2.56. The molecule has 0 bridgehead atoms. The highest BCUT2D eigenvalue weighted by molar-refractivity contribution is 5.40. The molecule has 5 heteroatoms. The predicted molar refractivity (Wildman–Crippen MR) is 59.9 cm³/mol. The number of nitrogens with zero attached hydrogens (tertiary/aromatic N) is 2.